The van der Waals surface area contributed by atoms with Crippen LogP contribution in [0.5, 0.6) is 0 Å². The molecule has 2 aromatic carbocycles. The molecule has 9 nitrogen and oxygen atoms in total. The zero-order valence-electron chi connectivity index (χ0n) is 18.3. The van der Waals surface area contributed by atoms with Crippen LogP contribution in [-0.4, -0.2) is 64.7 Å². The second-order valence-electron chi connectivity index (χ2n) is 8.52. The number of para-hydroxylation sites is 1. The molecular weight excluding hydrogens is 424 g/mol. The molecule has 33 heavy (non-hydrogen) atoms. The maximum atomic E-state index is 13.5. The predicted molar refractivity (Wildman–Crippen MR) is 120 cm³/mol. The normalized spacial score (nSPS) is 21.3. The molecule has 0 spiro atoms. The number of aromatic amines is 1. The number of hydrogen-bond acceptors (Lipinski definition) is 5. The Morgan fingerprint density at radius 1 is 1.18 bits per heavy atom. The maximum Gasteiger partial charge on any atom is 0.246 e. The van der Waals surface area contributed by atoms with Gasteiger partial charge in [0.2, 0.25) is 11.8 Å². The van der Waals surface area contributed by atoms with Crippen molar-refractivity contribution < 1.29 is 24.8 Å². The van der Waals surface area contributed by atoms with Crippen molar-refractivity contribution in [1.82, 2.24) is 14.8 Å². The van der Waals surface area contributed by atoms with E-state index in [0.717, 1.165) is 27.7 Å². The van der Waals surface area contributed by atoms with Crippen LogP contribution in [0.4, 0.5) is 5.69 Å². The van der Waals surface area contributed by atoms with Gasteiger partial charge < -0.3 is 24.7 Å². The zero-order chi connectivity index (χ0) is 23.1. The van der Waals surface area contributed by atoms with Gasteiger partial charge in [0.25, 0.3) is 0 Å². The van der Waals surface area contributed by atoms with Crippen LogP contribution in [0.2, 0.25) is 0 Å². The van der Waals surface area contributed by atoms with Gasteiger partial charge in [0, 0.05) is 55.4 Å². The SMILES string of the molecule is COCCCN1CC(=O)N2C(c3ccc([NH+]([O-])O)cc3)c3[nH]c4ccccc4c3C[C@@H]2C1=O. The molecular formula is C24H26N4O5. The Labute approximate surface area is 190 Å². The number of benzene rings is 2. The lowest BCUT2D eigenvalue weighted by molar-refractivity contribution is -0.991. The van der Waals surface area contributed by atoms with Gasteiger partial charge in [0.15, 0.2) is 5.69 Å². The van der Waals surface area contributed by atoms with Gasteiger partial charge in [-0.2, -0.15) is 5.23 Å². The third-order valence-corrected chi connectivity index (χ3v) is 6.59. The third kappa shape index (κ3) is 3.68. The fourth-order valence-electron chi connectivity index (χ4n) is 5.07. The van der Waals surface area contributed by atoms with E-state index in [4.69, 9.17) is 4.74 Å². The van der Waals surface area contributed by atoms with Crippen LogP contribution in [-0.2, 0) is 20.7 Å². The highest BCUT2D eigenvalue weighted by Gasteiger charge is 2.48. The fourth-order valence-corrected chi connectivity index (χ4v) is 5.07. The number of fused-ring (bicyclic) bond motifs is 4. The maximum absolute atomic E-state index is 13.5. The molecule has 3 heterocycles. The number of amides is 2. The molecule has 1 saturated heterocycles. The first-order chi connectivity index (χ1) is 16.0. The molecule has 3 atom stereocenters. The molecule has 0 radical (unpaired) electrons. The van der Waals surface area contributed by atoms with E-state index in [0.29, 0.717) is 26.0 Å². The van der Waals surface area contributed by atoms with E-state index in [-0.39, 0.29) is 24.0 Å². The molecule has 0 aliphatic carbocycles. The summed E-state index contributed by atoms with van der Waals surface area (Å²) in [5.41, 5.74) is 3.80. The molecule has 5 rings (SSSR count). The van der Waals surface area contributed by atoms with Gasteiger partial charge in [0.1, 0.15) is 6.04 Å². The number of carbonyl (C=O) groups is 2. The number of rotatable bonds is 6. The third-order valence-electron chi connectivity index (χ3n) is 6.59. The van der Waals surface area contributed by atoms with Crippen molar-refractivity contribution in [3.63, 3.8) is 0 Å². The molecule has 3 aromatic rings. The number of nitrogens with zero attached hydrogens (tertiary/aromatic N) is 2. The van der Waals surface area contributed by atoms with Crippen LogP contribution in [0.3, 0.4) is 0 Å². The van der Waals surface area contributed by atoms with Crippen LogP contribution in [0, 0.1) is 5.21 Å². The number of carbonyl (C=O) groups excluding carboxylic acids is 2. The molecule has 2 aliphatic rings. The largest absolute Gasteiger partial charge is 0.595 e. The Morgan fingerprint density at radius 3 is 2.67 bits per heavy atom. The summed E-state index contributed by atoms with van der Waals surface area (Å²) in [5.74, 6) is -0.178. The van der Waals surface area contributed by atoms with E-state index in [1.54, 1.807) is 29.0 Å². The van der Waals surface area contributed by atoms with Crippen LogP contribution in [0.1, 0.15) is 29.3 Å². The first kappa shape index (κ1) is 21.6. The van der Waals surface area contributed by atoms with E-state index in [1.807, 2.05) is 24.3 Å². The number of methoxy groups -OCH3 is 1. The fraction of sp³-hybridized carbons (Fsp3) is 0.333. The molecule has 2 aliphatic heterocycles. The summed E-state index contributed by atoms with van der Waals surface area (Å²) < 4.78 is 5.11. The van der Waals surface area contributed by atoms with E-state index < -0.39 is 17.3 Å². The summed E-state index contributed by atoms with van der Waals surface area (Å²) >= 11 is 0. The van der Waals surface area contributed by atoms with Gasteiger partial charge in [0.05, 0.1) is 12.6 Å². The monoisotopic (exact) mass is 450 g/mol. The van der Waals surface area contributed by atoms with Crippen molar-refractivity contribution in [1.29, 1.82) is 0 Å². The van der Waals surface area contributed by atoms with Crippen molar-refractivity contribution in [2.75, 3.05) is 26.8 Å². The minimum atomic E-state index is -1.01. The molecule has 3 N–H and O–H groups in total. The summed E-state index contributed by atoms with van der Waals surface area (Å²) in [7, 11) is 1.62. The lowest BCUT2D eigenvalue weighted by Gasteiger charge is -2.47. The molecule has 1 fully saturated rings. The Balaban J connectivity index is 1.60. The van der Waals surface area contributed by atoms with Crippen LogP contribution >= 0.6 is 0 Å². The van der Waals surface area contributed by atoms with Crippen molar-refractivity contribution in [3.8, 4) is 0 Å². The van der Waals surface area contributed by atoms with Gasteiger partial charge in [-0.15, -0.1) is 0 Å². The van der Waals surface area contributed by atoms with Crippen LogP contribution in [0.15, 0.2) is 48.5 Å². The quantitative estimate of drug-likeness (QED) is 0.387. The molecule has 172 valence electrons. The van der Waals surface area contributed by atoms with Crippen molar-refractivity contribution in [3.05, 3.63) is 70.6 Å². The van der Waals surface area contributed by atoms with Crippen molar-refractivity contribution >= 4 is 28.4 Å². The molecule has 9 heteroatoms. The number of hydrogen-bond donors (Lipinski definition) is 3. The lowest BCUT2D eigenvalue weighted by atomic mass is 9.86. The predicted octanol–water partition coefficient (Wildman–Crippen LogP) is 1.29. The van der Waals surface area contributed by atoms with Crippen LogP contribution in [0.25, 0.3) is 10.9 Å². The highest BCUT2D eigenvalue weighted by molar-refractivity contribution is 5.97. The second kappa shape index (κ2) is 8.60. The topological polar surface area (TPSA) is 113 Å². The van der Waals surface area contributed by atoms with E-state index in [9.17, 15) is 20.0 Å². The summed E-state index contributed by atoms with van der Waals surface area (Å²) in [6, 6.07) is 13.4. The Bertz CT molecular complexity index is 1190. The zero-order valence-corrected chi connectivity index (χ0v) is 18.3. The van der Waals surface area contributed by atoms with Crippen molar-refractivity contribution in [2.45, 2.75) is 24.9 Å². The average Bonchev–Trinajstić information content (AvgIpc) is 3.19. The Morgan fingerprint density at radius 2 is 1.94 bits per heavy atom. The van der Waals surface area contributed by atoms with Gasteiger partial charge in [-0.1, -0.05) is 30.3 Å². The number of quaternary nitrogens is 1. The molecule has 0 saturated carbocycles. The highest BCUT2D eigenvalue weighted by atomic mass is 16.8. The van der Waals surface area contributed by atoms with Gasteiger partial charge in [-0.05, 0) is 23.6 Å². The first-order valence-electron chi connectivity index (χ1n) is 11.0. The number of H-pyrrole nitrogens is 1. The Hall–Kier alpha value is -3.24. The minimum Gasteiger partial charge on any atom is -0.595 e. The van der Waals surface area contributed by atoms with Crippen molar-refractivity contribution in [2.24, 2.45) is 0 Å². The lowest BCUT2D eigenvalue weighted by Crippen LogP contribution is -2.99. The first-order valence-corrected chi connectivity index (χ1v) is 11.0. The van der Waals surface area contributed by atoms with E-state index >= 15 is 0 Å². The molecule has 2 amide bonds. The molecule has 0 bridgehead atoms. The number of aromatic nitrogens is 1. The average molecular weight is 450 g/mol. The summed E-state index contributed by atoms with van der Waals surface area (Å²) in [6.45, 7) is 1.03. The molecule has 2 unspecified atom stereocenters. The number of piperazine rings is 1. The highest BCUT2D eigenvalue weighted by Crippen LogP contribution is 2.42. The smallest absolute Gasteiger partial charge is 0.246 e. The standard InChI is InChI=1S/C24H26N4O5/c1-33-12-4-11-26-14-21(29)27-20(24(26)30)13-18-17-5-2-3-6-19(17)25-22(18)23(27)15-7-9-16(10-8-15)28(31)32/h2-3,5-10,20,23,25,28,31H,4,11-14H2,1H3/t20-,23?/m1/s1. The number of nitrogens with one attached hydrogen (secondary N) is 2. The van der Waals surface area contributed by atoms with Gasteiger partial charge in [-0.25, -0.2) is 5.21 Å². The van der Waals surface area contributed by atoms with Gasteiger partial charge >= 0.3 is 0 Å². The van der Waals surface area contributed by atoms with E-state index in [1.165, 1.54) is 12.1 Å². The second-order valence-corrected chi connectivity index (χ2v) is 8.52. The summed E-state index contributed by atoms with van der Waals surface area (Å²) in [4.78, 5) is 33.7. The minimum absolute atomic E-state index is 0.0261. The summed E-state index contributed by atoms with van der Waals surface area (Å²) in [6.07, 6.45) is 1.11. The number of ether oxygens (including phenoxy) is 1. The molecule has 1 aromatic heterocycles. The summed E-state index contributed by atoms with van der Waals surface area (Å²) in [5, 5.41) is 20.7. The van der Waals surface area contributed by atoms with Crippen LogP contribution < -0.4 is 5.23 Å². The van der Waals surface area contributed by atoms with Gasteiger partial charge in [-0.3, -0.25) is 9.59 Å². The van der Waals surface area contributed by atoms with E-state index in [2.05, 4.69) is 4.98 Å². The Kier molecular flexibility index (Phi) is 5.63.